The van der Waals surface area contributed by atoms with Crippen LogP contribution in [0, 0.1) is 27.4 Å². The van der Waals surface area contributed by atoms with Crippen LogP contribution in [-0.2, 0) is 4.79 Å². The molecule has 7 heteroatoms. The van der Waals surface area contributed by atoms with E-state index in [4.69, 9.17) is 5.26 Å². The van der Waals surface area contributed by atoms with Gasteiger partial charge in [-0.3, -0.25) is 14.9 Å². The summed E-state index contributed by atoms with van der Waals surface area (Å²) in [6, 6.07) is 6.17. The zero-order valence-corrected chi connectivity index (χ0v) is 12.3. The predicted molar refractivity (Wildman–Crippen MR) is 81.2 cm³/mol. The van der Waals surface area contributed by atoms with Crippen molar-refractivity contribution >= 4 is 17.3 Å². The van der Waals surface area contributed by atoms with Gasteiger partial charge in [-0.25, -0.2) is 0 Å². The smallest absolute Gasteiger partial charge is 0.287 e. The van der Waals surface area contributed by atoms with Gasteiger partial charge in [0.25, 0.3) is 5.69 Å². The van der Waals surface area contributed by atoms with Crippen molar-refractivity contribution in [3.05, 3.63) is 33.9 Å². The van der Waals surface area contributed by atoms with Crippen LogP contribution in [0.3, 0.4) is 0 Å². The molecule has 1 aliphatic carbocycles. The van der Waals surface area contributed by atoms with Crippen LogP contribution in [0.2, 0.25) is 0 Å². The molecule has 2 rings (SSSR count). The van der Waals surface area contributed by atoms with E-state index in [1.807, 2.05) is 6.07 Å². The maximum Gasteiger partial charge on any atom is 0.287 e. The number of nitro groups is 1. The van der Waals surface area contributed by atoms with Crippen molar-refractivity contribution in [1.82, 2.24) is 5.32 Å². The van der Waals surface area contributed by atoms with E-state index in [2.05, 4.69) is 10.6 Å². The highest BCUT2D eigenvalue weighted by molar-refractivity contribution is 5.79. The zero-order chi connectivity index (χ0) is 16.1. The Labute approximate surface area is 128 Å². The molecule has 0 unspecified atom stereocenters. The minimum absolute atomic E-state index is 0.000353. The predicted octanol–water partition coefficient (Wildman–Crippen LogP) is 2.18. The summed E-state index contributed by atoms with van der Waals surface area (Å²) in [5.74, 6) is -0.126. The van der Waals surface area contributed by atoms with E-state index in [0.717, 1.165) is 25.7 Å². The standard InChI is InChI=1S/C15H18N4O3/c1-17-15(20)12-4-2-3-5-13(12)18-11-6-7-14(19(21)22)10(8-11)9-16/h6-8,12-13,18H,2-5H2,1H3,(H,17,20)/t12-,13+/m0/s1. The Kier molecular flexibility index (Phi) is 4.94. The van der Waals surface area contributed by atoms with Crippen LogP contribution in [0.25, 0.3) is 0 Å². The third-order valence-corrected chi connectivity index (χ3v) is 4.01. The minimum atomic E-state index is -0.573. The van der Waals surface area contributed by atoms with Gasteiger partial charge in [-0.05, 0) is 25.0 Å². The Bertz CT molecular complexity index is 624. The quantitative estimate of drug-likeness (QED) is 0.654. The molecule has 2 atom stereocenters. The first-order valence-electron chi connectivity index (χ1n) is 7.23. The highest BCUT2D eigenvalue weighted by atomic mass is 16.6. The van der Waals surface area contributed by atoms with Crippen LogP contribution in [0.15, 0.2) is 18.2 Å². The van der Waals surface area contributed by atoms with E-state index in [1.54, 1.807) is 13.1 Å². The summed E-state index contributed by atoms with van der Waals surface area (Å²) in [4.78, 5) is 22.2. The van der Waals surface area contributed by atoms with Crippen molar-refractivity contribution in [3.63, 3.8) is 0 Å². The fraction of sp³-hybridized carbons (Fsp3) is 0.467. The number of benzene rings is 1. The van der Waals surface area contributed by atoms with Gasteiger partial charge in [-0.15, -0.1) is 0 Å². The second-order valence-electron chi connectivity index (χ2n) is 5.36. The van der Waals surface area contributed by atoms with Crippen molar-refractivity contribution < 1.29 is 9.72 Å². The third kappa shape index (κ3) is 3.34. The van der Waals surface area contributed by atoms with Crippen LogP contribution < -0.4 is 10.6 Å². The van der Waals surface area contributed by atoms with Gasteiger partial charge < -0.3 is 10.6 Å². The van der Waals surface area contributed by atoms with Gasteiger partial charge in [0, 0.05) is 24.8 Å². The summed E-state index contributed by atoms with van der Waals surface area (Å²) in [5, 5.41) is 25.8. The SMILES string of the molecule is CNC(=O)[C@H]1CCCC[C@H]1Nc1ccc([N+](=O)[O-])c(C#N)c1. The Hall–Kier alpha value is -2.62. The molecule has 2 N–H and O–H groups in total. The number of nitro benzene ring substituents is 1. The molecule has 0 bridgehead atoms. The van der Waals surface area contributed by atoms with Gasteiger partial charge in [-0.2, -0.15) is 5.26 Å². The molecule has 1 fully saturated rings. The summed E-state index contributed by atoms with van der Waals surface area (Å²) >= 11 is 0. The van der Waals surface area contributed by atoms with Crippen LogP contribution in [-0.4, -0.2) is 23.9 Å². The number of anilines is 1. The van der Waals surface area contributed by atoms with E-state index >= 15 is 0 Å². The van der Waals surface area contributed by atoms with Crippen molar-refractivity contribution in [2.75, 3.05) is 12.4 Å². The molecule has 1 amide bonds. The third-order valence-electron chi connectivity index (χ3n) is 4.01. The molecule has 7 nitrogen and oxygen atoms in total. The average molecular weight is 302 g/mol. The molecular formula is C15H18N4O3. The second kappa shape index (κ2) is 6.89. The van der Waals surface area contributed by atoms with E-state index in [9.17, 15) is 14.9 Å². The van der Waals surface area contributed by atoms with Crippen LogP contribution >= 0.6 is 0 Å². The number of carbonyl (C=O) groups excluding carboxylic acids is 1. The largest absolute Gasteiger partial charge is 0.381 e. The average Bonchev–Trinajstić information content (AvgIpc) is 2.54. The maximum atomic E-state index is 11.9. The fourth-order valence-electron chi connectivity index (χ4n) is 2.89. The van der Waals surface area contributed by atoms with Gasteiger partial charge in [0.15, 0.2) is 0 Å². The van der Waals surface area contributed by atoms with Gasteiger partial charge in [0.05, 0.1) is 10.8 Å². The Balaban J connectivity index is 2.20. The van der Waals surface area contributed by atoms with E-state index in [-0.39, 0.29) is 29.1 Å². The molecule has 1 saturated carbocycles. The summed E-state index contributed by atoms with van der Waals surface area (Å²) < 4.78 is 0. The molecule has 0 spiro atoms. The molecule has 0 heterocycles. The van der Waals surface area contributed by atoms with Crippen LogP contribution in [0.5, 0.6) is 0 Å². The first-order chi connectivity index (χ1) is 10.6. The first kappa shape index (κ1) is 15.8. The zero-order valence-electron chi connectivity index (χ0n) is 12.3. The lowest BCUT2D eigenvalue weighted by molar-refractivity contribution is -0.385. The molecule has 1 aromatic rings. The Morgan fingerprint density at radius 3 is 2.77 bits per heavy atom. The molecule has 1 aromatic carbocycles. The normalized spacial score (nSPS) is 20.7. The van der Waals surface area contributed by atoms with Gasteiger partial charge in [0.2, 0.25) is 5.91 Å². The summed E-state index contributed by atoms with van der Waals surface area (Å²) in [5.41, 5.74) is 0.435. The number of carbonyl (C=O) groups is 1. The maximum absolute atomic E-state index is 11.9. The Morgan fingerprint density at radius 2 is 2.14 bits per heavy atom. The minimum Gasteiger partial charge on any atom is -0.381 e. The fourth-order valence-corrected chi connectivity index (χ4v) is 2.89. The number of nitrogens with one attached hydrogen (secondary N) is 2. The molecular weight excluding hydrogens is 284 g/mol. The molecule has 1 aliphatic rings. The first-order valence-corrected chi connectivity index (χ1v) is 7.23. The summed E-state index contributed by atoms with van der Waals surface area (Å²) in [6.45, 7) is 0. The lowest BCUT2D eigenvalue weighted by Crippen LogP contribution is -2.41. The number of rotatable bonds is 4. The highest BCUT2D eigenvalue weighted by Gasteiger charge is 2.30. The summed E-state index contributed by atoms with van der Waals surface area (Å²) in [7, 11) is 1.62. The van der Waals surface area contributed by atoms with Gasteiger partial charge in [-0.1, -0.05) is 12.8 Å². The molecule has 0 aromatic heterocycles. The van der Waals surface area contributed by atoms with E-state index < -0.39 is 4.92 Å². The van der Waals surface area contributed by atoms with Gasteiger partial charge >= 0.3 is 0 Å². The molecule has 0 saturated heterocycles. The number of amides is 1. The topological polar surface area (TPSA) is 108 Å². The monoisotopic (exact) mass is 302 g/mol. The van der Waals surface area contributed by atoms with Crippen LogP contribution in [0.1, 0.15) is 31.2 Å². The lowest BCUT2D eigenvalue weighted by Gasteiger charge is -2.31. The number of nitrogens with zero attached hydrogens (tertiary/aromatic N) is 2. The molecule has 22 heavy (non-hydrogen) atoms. The summed E-state index contributed by atoms with van der Waals surface area (Å²) in [6.07, 6.45) is 3.72. The lowest BCUT2D eigenvalue weighted by atomic mass is 9.83. The van der Waals surface area contributed by atoms with Crippen molar-refractivity contribution in [2.24, 2.45) is 5.92 Å². The number of nitriles is 1. The highest BCUT2D eigenvalue weighted by Crippen LogP contribution is 2.29. The molecule has 0 aliphatic heterocycles. The van der Waals surface area contributed by atoms with Crippen molar-refractivity contribution in [2.45, 2.75) is 31.7 Å². The van der Waals surface area contributed by atoms with Crippen molar-refractivity contribution in [3.8, 4) is 6.07 Å². The van der Waals surface area contributed by atoms with Crippen LogP contribution in [0.4, 0.5) is 11.4 Å². The van der Waals surface area contributed by atoms with Gasteiger partial charge in [0.1, 0.15) is 11.6 Å². The second-order valence-corrected chi connectivity index (χ2v) is 5.36. The van der Waals surface area contributed by atoms with E-state index in [1.165, 1.54) is 12.1 Å². The number of hydrogen-bond acceptors (Lipinski definition) is 5. The van der Waals surface area contributed by atoms with E-state index in [0.29, 0.717) is 5.69 Å². The Morgan fingerprint density at radius 1 is 1.41 bits per heavy atom. The molecule has 0 radical (unpaired) electrons. The molecule has 116 valence electrons. The number of hydrogen-bond donors (Lipinski definition) is 2. The van der Waals surface area contributed by atoms with Crippen molar-refractivity contribution in [1.29, 1.82) is 5.26 Å².